The Morgan fingerprint density at radius 2 is 2.26 bits per heavy atom. The van der Waals surface area contributed by atoms with Crippen LogP contribution in [-0.4, -0.2) is 28.3 Å². The zero-order chi connectivity index (χ0) is 13.7. The molecule has 0 N–H and O–H groups in total. The normalized spacial score (nSPS) is 12.4. The second kappa shape index (κ2) is 6.29. The molecule has 1 unspecified atom stereocenters. The van der Waals surface area contributed by atoms with E-state index in [1.807, 2.05) is 6.92 Å². The zero-order valence-corrected chi connectivity index (χ0v) is 11.3. The van der Waals surface area contributed by atoms with E-state index in [4.69, 9.17) is 14.0 Å². The summed E-state index contributed by atoms with van der Waals surface area (Å²) in [5, 5.41) is 3.82. The van der Waals surface area contributed by atoms with E-state index in [1.165, 1.54) is 0 Å². The van der Waals surface area contributed by atoms with E-state index in [0.717, 1.165) is 12.0 Å². The van der Waals surface area contributed by atoms with E-state index in [9.17, 15) is 0 Å². The third kappa shape index (κ3) is 3.51. The number of hydrogen-bond donors (Lipinski definition) is 0. The summed E-state index contributed by atoms with van der Waals surface area (Å²) in [5.41, 5.74) is 0.781. The summed E-state index contributed by atoms with van der Waals surface area (Å²) in [6, 6.07) is 3.59. The molecule has 0 bridgehead atoms. The van der Waals surface area contributed by atoms with Crippen molar-refractivity contribution in [2.75, 3.05) is 7.11 Å². The number of rotatable bonds is 6. The SMILES string of the molecule is CCC(C)Oc1cc(-c2nc(COC)no2)ccn1. The molecule has 0 aliphatic heterocycles. The Hall–Kier alpha value is -1.95. The third-order valence-corrected chi connectivity index (χ3v) is 2.62. The molecule has 102 valence electrons. The fraction of sp³-hybridized carbons (Fsp3) is 0.462. The largest absolute Gasteiger partial charge is 0.475 e. The Morgan fingerprint density at radius 1 is 1.42 bits per heavy atom. The molecule has 0 saturated heterocycles. The molecule has 0 saturated carbocycles. The standard InChI is InChI=1S/C13H17N3O3/c1-4-9(2)18-12-7-10(5-6-14-12)13-15-11(8-17-3)16-19-13/h5-7,9H,4,8H2,1-3H3. The van der Waals surface area contributed by atoms with Crippen LogP contribution in [0.25, 0.3) is 11.5 Å². The molecule has 1 atom stereocenters. The highest BCUT2D eigenvalue weighted by Gasteiger charge is 2.11. The minimum Gasteiger partial charge on any atom is -0.475 e. The molecule has 0 aliphatic carbocycles. The first kappa shape index (κ1) is 13.5. The smallest absolute Gasteiger partial charge is 0.258 e. The van der Waals surface area contributed by atoms with Crippen LogP contribution in [0.1, 0.15) is 26.1 Å². The van der Waals surface area contributed by atoms with Gasteiger partial charge in [-0.05, 0) is 19.4 Å². The molecular formula is C13H17N3O3. The van der Waals surface area contributed by atoms with Crippen LogP contribution in [0.2, 0.25) is 0 Å². The van der Waals surface area contributed by atoms with Crippen molar-refractivity contribution in [3.05, 3.63) is 24.2 Å². The predicted molar refractivity (Wildman–Crippen MR) is 68.6 cm³/mol. The molecule has 6 heteroatoms. The number of hydrogen-bond acceptors (Lipinski definition) is 6. The number of aromatic nitrogens is 3. The Morgan fingerprint density at radius 3 is 3.00 bits per heavy atom. The Bertz CT molecular complexity index is 527. The van der Waals surface area contributed by atoms with Gasteiger partial charge in [0.25, 0.3) is 5.89 Å². The number of ether oxygens (including phenoxy) is 2. The fourth-order valence-electron chi connectivity index (χ4n) is 1.46. The van der Waals surface area contributed by atoms with Crippen LogP contribution in [0.15, 0.2) is 22.9 Å². The first-order chi connectivity index (χ1) is 9.22. The van der Waals surface area contributed by atoms with Gasteiger partial charge in [-0.3, -0.25) is 0 Å². The van der Waals surface area contributed by atoms with Gasteiger partial charge in [-0.1, -0.05) is 12.1 Å². The predicted octanol–water partition coefficient (Wildman–Crippen LogP) is 2.46. The zero-order valence-electron chi connectivity index (χ0n) is 11.3. The molecule has 0 amide bonds. The van der Waals surface area contributed by atoms with Gasteiger partial charge in [-0.2, -0.15) is 4.98 Å². The van der Waals surface area contributed by atoms with Gasteiger partial charge in [-0.15, -0.1) is 0 Å². The molecule has 2 aromatic rings. The van der Waals surface area contributed by atoms with Crippen LogP contribution < -0.4 is 4.74 Å². The summed E-state index contributed by atoms with van der Waals surface area (Å²) < 4.78 is 15.8. The van der Waals surface area contributed by atoms with Crippen LogP contribution in [0.4, 0.5) is 0 Å². The van der Waals surface area contributed by atoms with Gasteiger partial charge in [0.15, 0.2) is 5.82 Å². The Balaban J connectivity index is 2.17. The number of nitrogens with zero attached hydrogens (tertiary/aromatic N) is 3. The van der Waals surface area contributed by atoms with Crippen LogP contribution >= 0.6 is 0 Å². The topological polar surface area (TPSA) is 70.3 Å². The highest BCUT2D eigenvalue weighted by molar-refractivity contribution is 5.53. The molecule has 0 aliphatic rings. The lowest BCUT2D eigenvalue weighted by Gasteiger charge is -2.11. The molecule has 2 aromatic heterocycles. The molecule has 2 heterocycles. The van der Waals surface area contributed by atoms with E-state index in [2.05, 4.69) is 22.0 Å². The molecule has 19 heavy (non-hydrogen) atoms. The van der Waals surface area contributed by atoms with E-state index in [1.54, 1.807) is 25.4 Å². The monoisotopic (exact) mass is 263 g/mol. The van der Waals surface area contributed by atoms with Crippen LogP contribution in [0, 0.1) is 0 Å². The van der Waals surface area contributed by atoms with Gasteiger partial charge in [-0.25, -0.2) is 4.98 Å². The second-order valence-corrected chi connectivity index (χ2v) is 4.17. The summed E-state index contributed by atoms with van der Waals surface area (Å²) in [5.74, 6) is 1.50. The first-order valence-electron chi connectivity index (χ1n) is 6.17. The lowest BCUT2D eigenvalue weighted by atomic mass is 10.2. The molecule has 0 aromatic carbocycles. The third-order valence-electron chi connectivity index (χ3n) is 2.62. The lowest BCUT2D eigenvalue weighted by Crippen LogP contribution is -2.10. The minimum absolute atomic E-state index is 0.120. The van der Waals surface area contributed by atoms with Crippen molar-refractivity contribution in [1.29, 1.82) is 0 Å². The van der Waals surface area contributed by atoms with Gasteiger partial charge in [0.05, 0.1) is 6.10 Å². The van der Waals surface area contributed by atoms with E-state index in [0.29, 0.717) is 24.2 Å². The van der Waals surface area contributed by atoms with Crippen molar-refractivity contribution in [1.82, 2.24) is 15.1 Å². The molecular weight excluding hydrogens is 246 g/mol. The van der Waals surface area contributed by atoms with Gasteiger partial charge in [0.1, 0.15) is 6.61 Å². The van der Waals surface area contributed by atoms with Crippen molar-refractivity contribution in [3.63, 3.8) is 0 Å². The van der Waals surface area contributed by atoms with Gasteiger partial charge < -0.3 is 14.0 Å². The maximum Gasteiger partial charge on any atom is 0.258 e. The van der Waals surface area contributed by atoms with Crippen LogP contribution in [0.3, 0.4) is 0 Å². The van der Waals surface area contributed by atoms with Crippen LogP contribution in [-0.2, 0) is 11.3 Å². The second-order valence-electron chi connectivity index (χ2n) is 4.17. The fourth-order valence-corrected chi connectivity index (χ4v) is 1.46. The molecule has 2 rings (SSSR count). The van der Waals surface area contributed by atoms with E-state index >= 15 is 0 Å². The maximum absolute atomic E-state index is 5.65. The van der Waals surface area contributed by atoms with Crippen molar-refractivity contribution >= 4 is 0 Å². The van der Waals surface area contributed by atoms with E-state index in [-0.39, 0.29) is 6.10 Å². The lowest BCUT2D eigenvalue weighted by molar-refractivity contribution is 0.174. The summed E-state index contributed by atoms with van der Waals surface area (Å²) in [6.45, 7) is 4.38. The molecule has 0 fully saturated rings. The van der Waals surface area contributed by atoms with Crippen molar-refractivity contribution in [3.8, 4) is 17.3 Å². The van der Waals surface area contributed by atoms with E-state index < -0.39 is 0 Å². The number of pyridine rings is 1. The molecule has 0 radical (unpaired) electrons. The highest BCUT2D eigenvalue weighted by Crippen LogP contribution is 2.21. The summed E-state index contributed by atoms with van der Waals surface area (Å²) >= 11 is 0. The molecule has 0 spiro atoms. The number of methoxy groups -OCH3 is 1. The Kier molecular flexibility index (Phi) is 4.46. The van der Waals surface area contributed by atoms with Crippen molar-refractivity contribution in [2.45, 2.75) is 33.0 Å². The average Bonchev–Trinajstić information content (AvgIpc) is 2.88. The summed E-state index contributed by atoms with van der Waals surface area (Å²) in [7, 11) is 1.58. The van der Waals surface area contributed by atoms with Crippen molar-refractivity contribution in [2.24, 2.45) is 0 Å². The van der Waals surface area contributed by atoms with Gasteiger partial charge in [0.2, 0.25) is 5.88 Å². The van der Waals surface area contributed by atoms with Crippen LogP contribution in [0.5, 0.6) is 5.88 Å². The van der Waals surface area contributed by atoms with Gasteiger partial charge >= 0.3 is 0 Å². The van der Waals surface area contributed by atoms with Gasteiger partial charge in [0, 0.05) is 24.9 Å². The maximum atomic E-state index is 5.65. The first-order valence-corrected chi connectivity index (χ1v) is 6.17. The minimum atomic E-state index is 0.120. The highest BCUT2D eigenvalue weighted by atomic mass is 16.5. The summed E-state index contributed by atoms with van der Waals surface area (Å²) in [4.78, 5) is 8.38. The average molecular weight is 263 g/mol. The Labute approximate surface area is 111 Å². The molecule has 6 nitrogen and oxygen atoms in total. The summed E-state index contributed by atoms with van der Waals surface area (Å²) in [6.07, 6.45) is 2.70. The van der Waals surface area contributed by atoms with Crippen molar-refractivity contribution < 1.29 is 14.0 Å². The quantitative estimate of drug-likeness (QED) is 0.797.